The number of nitrogens with one attached hydrogen (secondary N) is 1. The molecule has 0 saturated carbocycles. The highest BCUT2D eigenvalue weighted by atomic mass is 32.2. The molecule has 0 aliphatic carbocycles. The lowest BCUT2D eigenvalue weighted by Gasteiger charge is -2.08. The first-order valence-corrected chi connectivity index (χ1v) is 13.7. The van der Waals surface area contributed by atoms with Gasteiger partial charge in [-0.3, -0.25) is 9.78 Å². The predicted octanol–water partition coefficient (Wildman–Crippen LogP) is 5.49. The highest BCUT2D eigenvalue weighted by Crippen LogP contribution is 2.29. The van der Waals surface area contributed by atoms with Crippen molar-refractivity contribution >= 4 is 39.7 Å². The van der Waals surface area contributed by atoms with Crippen molar-refractivity contribution in [1.82, 2.24) is 30.0 Å². The van der Waals surface area contributed by atoms with Crippen LogP contribution in [0.4, 0.5) is 4.39 Å². The molecule has 2 aromatic carbocycles. The van der Waals surface area contributed by atoms with Crippen molar-refractivity contribution in [2.45, 2.75) is 44.3 Å². The first kappa shape index (κ1) is 25.8. The molecule has 1 amide bonds. The van der Waals surface area contributed by atoms with E-state index in [1.54, 1.807) is 18.3 Å². The van der Waals surface area contributed by atoms with Crippen molar-refractivity contribution in [2.24, 2.45) is 0 Å². The van der Waals surface area contributed by atoms with E-state index in [-0.39, 0.29) is 11.7 Å². The van der Waals surface area contributed by atoms with E-state index in [1.165, 1.54) is 17.8 Å². The summed E-state index contributed by atoms with van der Waals surface area (Å²) in [6.45, 7) is 2.98. The van der Waals surface area contributed by atoms with Gasteiger partial charge in [-0.2, -0.15) is 0 Å². The number of nitrogens with zero attached hydrogens (tertiary/aromatic N) is 5. The second kappa shape index (κ2) is 12.1. The number of thioether (sulfide) groups is 1. The molecule has 3 aromatic heterocycles. The zero-order valence-corrected chi connectivity index (χ0v) is 22.0. The molecule has 0 aliphatic heterocycles. The van der Waals surface area contributed by atoms with Crippen LogP contribution >= 0.6 is 11.8 Å². The number of carbonyl (C=O) groups excluding carboxylic acids is 1. The van der Waals surface area contributed by atoms with Crippen LogP contribution in [-0.2, 0) is 17.8 Å². The van der Waals surface area contributed by atoms with Gasteiger partial charge in [0.05, 0.1) is 12.1 Å². The monoisotopic (exact) mass is 528 g/mol. The fraction of sp³-hybridized carbons (Fsp3) is 0.276. The number of amides is 1. The summed E-state index contributed by atoms with van der Waals surface area (Å²) in [5.74, 6) is 0.589. The van der Waals surface area contributed by atoms with E-state index in [0.29, 0.717) is 41.4 Å². The van der Waals surface area contributed by atoms with Crippen LogP contribution in [0.3, 0.4) is 0 Å². The molecule has 1 N–H and O–H groups in total. The minimum absolute atomic E-state index is 0.0539. The van der Waals surface area contributed by atoms with Gasteiger partial charge in [-0.25, -0.2) is 9.37 Å². The number of halogens is 1. The van der Waals surface area contributed by atoms with Crippen LogP contribution in [0, 0.1) is 12.7 Å². The summed E-state index contributed by atoms with van der Waals surface area (Å²) >= 11 is 1.52. The van der Waals surface area contributed by atoms with Crippen molar-refractivity contribution in [2.75, 3.05) is 12.3 Å². The van der Waals surface area contributed by atoms with Gasteiger partial charge in [0.25, 0.3) is 0 Å². The van der Waals surface area contributed by atoms with Crippen LogP contribution in [0.15, 0.2) is 72.0 Å². The Hall–Kier alpha value is -3.85. The fourth-order valence-corrected chi connectivity index (χ4v) is 5.17. The normalized spacial score (nSPS) is 11.3. The highest BCUT2D eigenvalue weighted by molar-refractivity contribution is 7.99. The minimum atomic E-state index is -0.244. The zero-order chi connectivity index (χ0) is 26.3. The van der Waals surface area contributed by atoms with Gasteiger partial charge in [-0.05, 0) is 50.1 Å². The summed E-state index contributed by atoms with van der Waals surface area (Å²) in [4.78, 5) is 21.2. The predicted molar refractivity (Wildman–Crippen MR) is 149 cm³/mol. The quantitative estimate of drug-likeness (QED) is 0.180. The lowest BCUT2D eigenvalue weighted by Crippen LogP contribution is -2.25. The first-order chi connectivity index (χ1) is 18.6. The largest absolute Gasteiger partial charge is 0.356 e. The minimum Gasteiger partial charge on any atom is -0.356 e. The topological polar surface area (TPSA) is 85.6 Å². The Labute approximate surface area is 224 Å². The van der Waals surface area contributed by atoms with Crippen LogP contribution in [0.5, 0.6) is 0 Å². The van der Waals surface area contributed by atoms with Crippen LogP contribution in [0.25, 0.3) is 22.1 Å². The van der Waals surface area contributed by atoms with Crippen molar-refractivity contribution in [1.29, 1.82) is 0 Å². The number of benzene rings is 2. The molecule has 5 rings (SSSR count). The zero-order valence-electron chi connectivity index (χ0n) is 21.2. The fourth-order valence-electron chi connectivity index (χ4n) is 4.39. The van der Waals surface area contributed by atoms with Gasteiger partial charge in [0.1, 0.15) is 11.3 Å². The molecule has 0 radical (unpaired) electrons. The first-order valence-electron chi connectivity index (χ1n) is 12.7. The van der Waals surface area contributed by atoms with Crippen molar-refractivity contribution < 1.29 is 9.18 Å². The smallest absolute Gasteiger partial charge is 0.220 e. The third-order valence-electron chi connectivity index (χ3n) is 6.35. The molecule has 194 valence electrons. The standard InChI is InChI=1S/C29H29FN6OS/c1-20-12-13-25-23(18-20)27-28(36(25)19-21-8-2-3-10-24(21)30)33-29(35-34-27)38-17-7-5-11-26(37)32-16-14-22-9-4-6-15-31-22/h2-4,6,8-10,12-13,15,18H,5,7,11,14,16-17,19H2,1H3,(H,32,37). The molecule has 0 unspecified atom stereocenters. The number of unbranched alkanes of at least 4 members (excludes halogenated alkanes) is 1. The van der Waals surface area contributed by atoms with Crippen LogP contribution in [0.2, 0.25) is 0 Å². The molecule has 0 saturated heterocycles. The summed E-state index contributed by atoms with van der Waals surface area (Å²) in [6, 6.07) is 18.7. The third kappa shape index (κ3) is 6.16. The molecule has 0 aliphatic rings. The van der Waals surface area contributed by atoms with E-state index >= 15 is 0 Å². The summed E-state index contributed by atoms with van der Waals surface area (Å²) in [5.41, 5.74) is 5.04. The number of fused-ring (bicyclic) bond motifs is 3. The number of hydrogen-bond donors (Lipinski definition) is 1. The summed E-state index contributed by atoms with van der Waals surface area (Å²) in [7, 11) is 0. The number of hydrogen-bond acceptors (Lipinski definition) is 6. The van der Waals surface area contributed by atoms with Gasteiger partial charge in [0.15, 0.2) is 5.65 Å². The van der Waals surface area contributed by atoms with E-state index in [2.05, 4.69) is 26.6 Å². The highest BCUT2D eigenvalue weighted by Gasteiger charge is 2.17. The summed E-state index contributed by atoms with van der Waals surface area (Å²) in [5, 5.41) is 13.4. The molecular formula is C29H29FN6OS. The summed E-state index contributed by atoms with van der Waals surface area (Å²) < 4.78 is 16.5. The number of carbonyl (C=O) groups is 1. The molecule has 38 heavy (non-hydrogen) atoms. The molecule has 5 aromatic rings. The average Bonchev–Trinajstić information content (AvgIpc) is 3.22. The second-order valence-corrected chi connectivity index (χ2v) is 10.3. The average molecular weight is 529 g/mol. The van der Waals surface area contributed by atoms with E-state index in [1.807, 2.05) is 47.9 Å². The number of aromatic nitrogens is 5. The van der Waals surface area contributed by atoms with Gasteiger partial charge in [-0.15, -0.1) is 10.2 Å². The SMILES string of the molecule is Cc1ccc2c(c1)c1nnc(SCCCCC(=O)NCCc3ccccn3)nc1n2Cc1ccccc1F. The van der Waals surface area contributed by atoms with Gasteiger partial charge < -0.3 is 9.88 Å². The van der Waals surface area contributed by atoms with Crippen molar-refractivity contribution in [3.8, 4) is 0 Å². The lowest BCUT2D eigenvalue weighted by atomic mass is 10.1. The molecule has 0 spiro atoms. The van der Waals surface area contributed by atoms with Gasteiger partial charge in [0.2, 0.25) is 11.1 Å². The lowest BCUT2D eigenvalue weighted by molar-refractivity contribution is -0.121. The third-order valence-corrected chi connectivity index (χ3v) is 7.27. The van der Waals surface area contributed by atoms with Gasteiger partial charge >= 0.3 is 0 Å². The second-order valence-electron chi connectivity index (χ2n) is 9.19. The van der Waals surface area contributed by atoms with Crippen molar-refractivity contribution in [3.05, 3.63) is 89.5 Å². The maximum atomic E-state index is 14.5. The van der Waals surface area contributed by atoms with Crippen LogP contribution in [-0.4, -0.2) is 42.9 Å². The maximum Gasteiger partial charge on any atom is 0.220 e. The number of rotatable bonds is 11. The van der Waals surface area contributed by atoms with E-state index in [0.717, 1.165) is 47.2 Å². The molecule has 7 nitrogen and oxygen atoms in total. The Morgan fingerprint density at radius 1 is 1.05 bits per heavy atom. The van der Waals surface area contributed by atoms with E-state index in [9.17, 15) is 9.18 Å². The van der Waals surface area contributed by atoms with Crippen LogP contribution < -0.4 is 5.32 Å². The Bertz CT molecular complexity index is 1560. The van der Waals surface area contributed by atoms with Gasteiger partial charge in [0, 0.05) is 48.0 Å². The van der Waals surface area contributed by atoms with E-state index in [4.69, 9.17) is 4.98 Å². The number of aryl methyl sites for hydroxylation is 1. The Kier molecular flexibility index (Phi) is 8.23. The molecule has 0 atom stereocenters. The van der Waals surface area contributed by atoms with E-state index < -0.39 is 0 Å². The van der Waals surface area contributed by atoms with Crippen LogP contribution in [0.1, 0.15) is 36.1 Å². The Morgan fingerprint density at radius 3 is 2.76 bits per heavy atom. The maximum absolute atomic E-state index is 14.5. The molecule has 0 fully saturated rings. The van der Waals surface area contributed by atoms with Gasteiger partial charge in [-0.1, -0.05) is 47.7 Å². The number of pyridine rings is 1. The summed E-state index contributed by atoms with van der Waals surface area (Å²) in [6.07, 6.45) is 4.61. The molecule has 3 heterocycles. The Balaban J connectivity index is 1.20. The molecular weight excluding hydrogens is 499 g/mol. The Morgan fingerprint density at radius 2 is 1.92 bits per heavy atom. The molecule has 9 heteroatoms. The van der Waals surface area contributed by atoms with Crippen molar-refractivity contribution in [3.63, 3.8) is 0 Å². The molecule has 0 bridgehead atoms.